The molecule has 1 aliphatic rings. The van der Waals surface area contributed by atoms with Crippen molar-refractivity contribution in [1.82, 2.24) is 10.2 Å². The Morgan fingerprint density at radius 3 is 2.29 bits per heavy atom. The molecule has 0 unspecified atom stereocenters. The number of benzene rings is 2. The molecule has 5 heteroatoms. The molecule has 1 fully saturated rings. The Kier molecular flexibility index (Phi) is 7.83. The van der Waals surface area contributed by atoms with Gasteiger partial charge in [-0.3, -0.25) is 9.59 Å². The van der Waals surface area contributed by atoms with E-state index in [0.717, 1.165) is 42.4 Å². The first kappa shape index (κ1) is 23.0. The van der Waals surface area contributed by atoms with Gasteiger partial charge in [-0.05, 0) is 67.5 Å². The molecular weight excluding hydrogens is 391 g/mol. The zero-order valence-electron chi connectivity index (χ0n) is 18.8. The Morgan fingerprint density at radius 2 is 1.68 bits per heavy atom. The Hall–Kier alpha value is -2.69. The molecule has 31 heavy (non-hydrogen) atoms. The van der Waals surface area contributed by atoms with E-state index in [9.17, 15) is 14.0 Å². The summed E-state index contributed by atoms with van der Waals surface area (Å²) < 4.78 is 13.4. The van der Waals surface area contributed by atoms with Crippen molar-refractivity contribution in [1.29, 1.82) is 0 Å². The maximum Gasteiger partial charge on any atom is 0.243 e. The minimum atomic E-state index is -0.551. The normalized spacial score (nSPS) is 15.0. The van der Waals surface area contributed by atoms with Gasteiger partial charge >= 0.3 is 0 Å². The lowest BCUT2D eigenvalue weighted by molar-refractivity contribution is -0.141. The number of hydrogen-bond donors (Lipinski definition) is 1. The third-order valence-corrected chi connectivity index (χ3v) is 6.28. The molecule has 166 valence electrons. The minimum Gasteiger partial charge on any atom is -0.352 e. The van der Waals surface area contributed by atoms with Crippen LogP contribution in [0.1, 0.15) is 61.3 Å². The molecule has 1 saturated carbocycles. The first-order valence-electron chi connectivity index (χ1n) is 11.3. The van der Waals surface area contributed by atoms with Gasteiger partial charge < -0.3 is 10.2 Å². The van der Waals surface area contributed by atoms with E-state index >= 15 is 0 Å². The molecule has 3 rings (SSSR count). The second-order valence-electron chi connectivity index (χ2n) is 8.66. The van der Waals surface area contributed by atoms with E-state index in [1.807, 2.05) is 39.0 Å². The molecular formula is C26H33FN2O2. The van der Waals surface area contributed by atoms with Gasteiger partial charge in [0.05, 0.1) is 6.42 Å². The summed E-state index contributed by atoms with van der Waals surface area (Å²) in [6.45, 7) is 6.28. The predicted molar refractivity (Wildman–Crippen MR) is 121 cm³/mol. The van der Waals surface area contributed by atoms with Gasteiger partial charge in [-0.25, -0.2) is 4.39 Å². The van der Waals surface area contributed by atoms with Crippen molar-refractivity contribution in [2.75, 3.05) is 0 Å². The second kappa shape index (κ2) is 10.6. The van der Waals surface area contributed by atoms with Crippen LogP contribution in [-0.2, 0) is 22.6 Å². The molecule has 0 aliphatic heterocycles. The highest BCUT2D eigenvalue weighted by atomic mass is 19.1. The molecule has 2 aromatic carbocycles. The van der Waals surface area contributed by atoms with Gasteiger partial charge in [-0.15, -0.1) is 0 Å². The number of amides is 2. The van der Waals surface area contributed by atoms with Crippen molar-refractivity contribution in [3.8, 4) is 0 Å². The van der Waals surface area contributed by atoms with E-state index in [1.54, 1.807) is 17.0 Å². The average Bonchev–Trinajstić information content (AvgIpc) is 3.25. The highest BCUT2D eigenvalue weighted by molar-refractivity contribution is 5.88. The number of nitrogens with zero attached hydrogens (tertiary/aromatic N) is 1. The van der Waals surface area contributed by atoms with Crippen LogP contribution >= 0.6 is 0 Å². The third kappa shape index (κ3) is 6.16. The summed E-state index contributed by atoms with van der Waals surface area (Å²) in [6.07, 6.45) is 5.01. The monoisotopic (exact) mass is 424 g/mol. The number of halogens is 1. The molecule has 0 saturated heterocycles. The number of carbonyl (C=O) groups is 2. The third-order valence-electron chi connectivity index (χ3n) is 6.28. The standard InChI is InChI=1S/C26H33FN2O2/c1-4-24(26(31)28-23-7-5-6-8-23)29(17-20-11-13-22(27)14-12-20)25(30)16-21-10-9-18(2)19(3)15-21/h9-15,23-24H,4-8,16-17H2,1-3H3,(H,28,31)/t24-/m1/s1. The van der Waals surface area contributed by atoms with Crippen molar-refractivity contribution in [3.63, 3.8) is 0 Å². The SMILES string of the molecule is CC[C@H](C(=O)NC1CCCC1)N(Cc1ccc(F)cc1)C(=O)Cc1ccc(C)c(C)c1. The molecule has 0 spiro atoms. The van der Waals surface area contributed by atoms with Crippen molar-refractivity contribution in [2.45, 2.75) is 77.9 Å². The van der Waals surface area contributed by atoms with Crippen LogP contribution in [0.2, 0.25) is 0 Å². The zero-order chi connectivity index (χ0) is 22.4. The Labute approximate surface area is 184 Å². The van der Waals surface area contributed by atoms with Gasteiger partial charge in [0.25, 0.3) is 0 Å². The molecule has 0 bridgehead atoms. The van der Waals surface area contributed by atoms with Crippen LogP contribution < -0.4 is 5.32 Å². The number of aryl methyl sites for hydroxylation is 2. The smallest absolute Gasteiger partial charge is 0.243 e. The van der Waals surface area contributed by atoms with Crippen LogP contribution in [0.15, 0.2) is 42.5 Å². The topological polar surface area (TPSA) is 49.4 Å². The average molecular weight is 425 g/mol. The van der Waals surface area contributed by atoms with Crippen molar-refractivity contribution in [2.24, 2.45) is 0 Å². The number of hydrogen-bond acceptors (Lipinski definition) is 2. The van der Waals surface area contributed by atoms with Crippen LogP contribution in [0.25, 0.3) is 0 Å². The Morgan fingerprint density at radius 1 is 1.03 bits per heavy atom. The number of rotatable bonds is 8. The highest BCUT2D eigenvalue weighted by Gasteiger charge is 2.30. The fraction of sp³-hybridized carbons (Fsp3) is 0.462. The Balaban J connectivity index is 1.82. The van der Waals surface area contributed by atoms with Crippen molar-refractivity contribution in [3.05, 3.63) is 70.5 Å². The summed E-state index contributed by atoms with van der Waals surface area (Å²) in [4.78, 5) is 28.2. The highest BCUT2D eigenvalue weighted by Crippen LogP contribution is 2.20. The van der Waals surface area contributed by atoms with Crippen LogP contribution in [0.5, 0.6) is 0 Å². The molecule has 1 N–H and O–H groups in total. The summed E-state index contributed by atoms with van der Waals surface area (Å²) in [6, 6.07) is 11.8. The molecule has 4 nitrogen and oxygen atoms in total. The van der Waals surface area contributed by atoms with Crippen molar-refractivity contribution >= 4 is 11.8 Å². The lowest BCUT2D eigenvalue weighted by atomic mass is 10.0. The van der Waals surface area contributed by atoms with Crippen LogP contribution in [0.4, 0.5) is 4.39 Å². The van der Waals surface area contributed by atoms with Crippen molar-refractivity contribution < 1.29 is 14.0 Å². The van der Waals surface area contributed by atoms with Crippen LogP contribution in [0, 0.1) is 19.7 Å². The molecule has 0 radical (unpaired) electrons. The lowest BCUT2D eigenvalue weighted by Gasteiger charge is -2.31. The van der Waals surface area contributed by atoms with Crippen LogP contribution in [0.3, 0.4) is 0 Å². The molecule has 1 atom stereocenters. The van der Waals surface area contributed by atoms with E-state index in [4.69, 9.17) is 0 Å². The summed E-state index contributed by atoms with van der Waals surface area (Å²) in [5.74, 6) is -0.506. The van der Waals surface area contributed by atoms with Gasteiger partial charge in [0.2, 0.25) is 11.8 Å². The summed E-state index contributed by atoms with van der Waals surface area (Å²) in [7, 11) is 0. The summed E-state index contributed by atoms with van der Waals surface area (Å²) in [5, 5.41) is 3.15. The van der Waals surface area contributed by atoms with E-state index < -0.39 is 6.04 Å². The first-order valence-corrected chi connectivity index (χ1v) is 11.3. The molecule has 2 aromatic rings. The lowest BCUT2D eigenvalue weighted by Crippen LogP contribution is -2.51. The number of nitrogens with one attached hydrogen (secondary N) is 1. The summed E-state index contributed by atoms with van der Waals surface area (Å²) in [5.41, 5.74) is 4.06. The van der Waals surface area contributed by atoms with Gasteiger partial charge in [0, 0.05) is 12.6 Å². The maximum atomic E-state index is 13.4. The predicted octanol–water partition coefficient (Wildman–Crippen LogP) is 4.85. The molecule has 1 aliphatic carbocycles. The van der Waals surface area contributed by atoms with Gasteiger partial charge in [-0.1, -0.05) is 50.1 Å². The van der Waals surface area contributed by atoms with Crippen LogP contribution in [-0.4, -0.2) is 28.8 Å². The Bertz CT molecular complexity index is 904. The summed E-state index contributed by atoms with van der Waals surface area (Å²) >= 11 is 0. The maximum absolute atomic E-state index is 13.4. The molecule has 0 heterocycles. The van der Waals surface area contributed by atoms with Gasteiger partial charge in [-0.2, -0.15) is 0 Å². The second-order valence-corrected chi connectivity index (χ2v) is 8.66. The van der Waals surface area contributed by atoms with E-state index in [1.165, 1.54) is 17.7 Å². The van der Waals surface area contributed by atoms with Gasteiger partial charge in [0.1, 0.15) is 11.9 Å². The molecule has 0 aromatic heterocycles. The molecule has 2 amide bonds. The zero-order valence-corrected chi connectivity index (χ0v) is 18.8. The van der Waals surface area contributed by atoms with E-state index in [2.05, 4.69) is 5.32 Å². The minimum absolute atomic E-state index is 0.0926. The van der Waals surface area contributed by atoms with E-state index in [-0.39, 0.29) is 36.6 Å². The number of carbonyl (C=O) groups excluding carboxylic acids is 2. The van der Waals surface area contributed by atoms with E-state index in [0.29, 0.717) is 6.42 Å². The fourth-order valence-electron chi connectivity index (χ4n) is 4.26. The first-order chi connectivity index (χ1) is 14.9. The quantitative estimate of drug-likeness (QED) is 0.658. The van der Waals surface area contributed by atoms with Gasteiger partial charge in [0.15, 0.2) is 0 Å². The fourth-order valence-corrected chi connectivity index (χ4v) is 4.26. The largest absolute Gasteiger partial charge is 0.352 e.